The lowest BCUT2D eigenvalue weighted by Crippen LogP contribution is -2.22. The molecule has 0 unspecified atom stereocenters. The van der Waals surface area contributed by atoms with Crippen LogP contribution in [0.1, 0.15) is 40.2 Å². The van der Waals surface area contributed by atoms with Gasteiger partial charge in [-0.15, -0.1) is 0 Å². The Kier molecular flexibility index (Phi) is 6.51. The summed E-state index contributed by atoms with van der Waals surface area (Å²) in [6, 6.07) is 13.0. The van der Waals surface area contributed by atoms with Crippen LogP contribution in [0.5, 0.6) is 0 Å². The standard InChI is InChI=1S/C20H14ClF4N3O2/c21-12-6-7-14(13(8-12)18(30)11-4-2-1-3-5-11)26-17(29)10-28-16(20(24)25)9-15(27-28)19(22)23/h1-9,19-20H,10H2,(H,26,29). The van der Waals surface area contributed by atoms with Crippen LogP contribution < -0.4 is 5.32 Å². The predicted octanol–water partition coefficient (Wildman–Crippen LogP) is 5.28. The van der Waals surface area contributed by atoms with Crippen molar-refractivity contribution < 1.29 is 27.2 Å². The third-order valence-electron chi connectivity index (χ3n) is 4.11. The number of amides is 1. The van der Waals surface area contributed by atoms with E-state index in [0.717, 1.165) is 0 Å². The van der Waals surface area contributed by atoms with Crippen molar-refractivity contribution in [2.24, 2.45) is 0 Å². The molecule has 0 fully saturated rings. The Hall–Kier alpha value is -3.20. The molecular formula is C20H14ClF4N3O2. The van der Waals surface area contributed by atoms with Gasteiger partial charge in [-0.25, -0.2) is 17.6 Å². The fourth-order valence-electron chi connectivity index (χ4n) is 2.75. The molecule has 3 rings (SSSR count). The van der Waals surface area contributed by atoms with Crippen LogP contribution in [0.3, 0.4) is 0 Å². The monoisotopic (exact) mass is 439 g/mol. The highest BCUT2D eigenvalue weighted by molar-refractivity contribution is 6.31. The molecule has 10 heteroatoms. The molecular weight excluding hydrogens is 426 g/mol. The van der Waals surface area contributed by atoms with Crippen LogP contribution in [0.4, 0.5) is 23.2 Å². The van der Waals surface area contributed by atoms with Gasteiger partial charge in [-0.1, -0.05) is 41.9 Å². The predicted molar refractivity (Wildman–Crippen MR) is 102 cm³/mol. The number of aromatic nitrogens is 2. The van der Waals surface area contributed by atoms with Crippen molar-refractivity contribution in [3.05, 3.63) is 82.1 Å². The Morgan fingerprint density at radius 3 is 2.33 bits per heavy atom. The van der Waals surface area contributed by atoms with E-state index in [1.54, 1.807) is 30.3 Å². The van der Waals surface area contributed by atoms with Gasteiger partial charge in [0.1, 0.15) is 17.9 Å². The van der Waals surface area contributed by atoms with E-state index in [1.807, 2.05) is 0 Å². The quantitative estimate of drug-likeness (QED) is 0.402. The van der Waals surface area contributed by atoms with Gasteiger partial charge in [0.25, 0.3) is 12.9 Å². The normalized spacial score (nSPS) is 11.2. The van der Waals surface area contributed by atoms with Gasteiger partial charge in [-0.3, -0.25) is 14.3 Å². The molecule has 30 heavy (non-hydrogen) atoms. The highest BCUT2D eigenvalue weighted by atomic mass is 35.5. The van der Waals surface area contributed by atoms with Crippen molar-refractivity contribution >= 4 is 29.0 Å². The van der Waals surface area contributed by atoms with E-state index < -0.39 is 42.5 Å². The number of halogens is 5. The summed E-state index contributed by atoms with van der Waals surface area (Å²) in [7, 11) is 0. The van der Waals surface area contributed by atoms with Gasteiger partial charge < -0.3 is 5.32 Å². The Balaban J connectivity index is 1.85. The molecule has 0 spiro atoms. The largest absolute Gasteiger partial charge is 0.324 e. The molecule has 0 saturated heterocycles. The second-order valence-corrected chi connectivity index (χ2v) is 6.62. The van der Waals surface area contributed by atoms with Crippen molar-refractivity contribution in [1.29, 1.82) is 0 Å². The third-order valence-corrected chi connectivity index (χ3v) is 4.34. The summed E-state index contributed by atoms with van der Waals surface area (Å²) in [6.45, 7) is -0.742. The Morgan fingerprint density at radius 1 is 1.00 bits per heavy atom. The van der Waals surface area contributed by atoms with Crippen LogP contribution in [-0.2, 0) is 11.3 Å². The molecule has 0 aliphatic rings. The number of anilines is 1. The lowest BCUT2D eigenvalue weighted by molar-refractivity contribution is -0.117. The van der Waals surface area contributed by atoms with Gasteiger partial charge in [0, 0.05) is 16.1 Å². The van der Waals surface area contributed by atoms with E-state index in [0.29, 0.717) is 16.3 Å². The highest BCUT2D eigenvalue weighted by Crippen LogP contribution is 2.26. The SMILES string of the molecule is O=C(Cn1nc(C(F)F)cc1C(F)F)Nc1ccc(Cl)cc1C(=O)c1ccccc1. The smallest absolute Gasteiger partial charge is 0.282 e. The molecule has 3 aromatic rings. The number of nitrogens with zero attached hydrogens (tertiary/aromatic N) is 2. The summed E-state index contributed by atoms with van der Waals surface area (Å²) < 4.78 is 52.2. The first-order chi connectivity index (χ1) is 14.3. The minimum Gasteiger partial charge on any atom is -0.324 e. The Bertz CT molecular complexity index is 1070. The zero-order valence-corrected chi connectivity index (χ0v) is 15.9. The third kappa shape index (κ3) is 4.85. The van der Waals surface area contributed by atoms with E-state index in [1.165, 1.54) is 18.2 Å². The minimum absolute atomic E-state index is 0.0878. The van der Waals surface area contributed by atoms with Crippen molar-refractivity contribution in [2.45, 2.75) is 19.4 Å². The highest BCUT2D eigenvalue weighted by Gasteiger charge is 2.23. The fourth-order valence-corrected chi connectivity index (χ4v) is 2.92. The number of benzene rings is 2. The zero-order chi connectivity index (χ0) is 21.8. The molecule has 2 aromatic carbocycles. The first-order valence-corrected chi connectivity index (χ1v) is 8.97. The first-order valence-electron chi connectivity index (χ1n) is 8.59. The van der Waals surface area contributed by atoms with E-state index >= 15 is 0 Å². The molecule has 0 radical (unpaired) electrons. The summed E-state index contributed by atoms with van der Waals surface area (Å²) >= 11 is 5.97. The number of carbonyl (C=O) groups is 2. The second-order valence-electron chi connectivity index (χ2n) is 6.19. The second kappa shape index (κ2) is 9.08. The molecule has 156 valence electrons. The molecule has 1 N–H and O–H groups in total. The summed E-state index contributed by atoms with van der Waals surface area (Å²) in [5, 5.41) is 6.05. The first kappa shape index (κ1) is 21.5. The Morgan fingerprint density at radius 2 is 1.70 bits per heavy atom. The molecule has 0 aliphatic heterocycles. The van der Waals surface area contributed by atoms with E-state index in [2.05, 4.69) is 10.4 Å². The molecule has 1 heterocycles. The van der Waals surface area contributed by atoms with E-state index in [4.69, 9.17) is 11.6 Å². The number of rotatable bonds is 7. The molecule has 1 aromatic heterocycles. The summed E-state index contributed by atoms with van der Waals surface area (Å²) in [4.78, 5) is 25.2. The van der Waals surface area contributed by atoms with Crippen LogP contribution >= 0.6 is 11.6 Å². The van der Waals surface area contributed by atoms with Gasteiger partial charge in [0.2, 0.25) is 5.91 Å². The number of nitrogens with one attached hydrogen (secondary N) is 1. The molecule has 0 atom stereocenters. The summed E-state index contributed by atoms with van der Waals surface area (Å²) in [5.41, 5.74) is -1.13. The molecule has 1 amide bonds. The van der Waals surface area contributed by atoms with Crippen LogP contribution in [0.2, 0.25) is 5.02 Å². The maximum Gasteiger partial charge on any atom is 0.282 e. The molecule has 5 nitrogen and oxygen atoms in total. The zero-order valence-electron chi connectivity index (χ0n) is 15.2. The van der Waals surface area contributed by atoms with Crippen molar-refractivity contribution in [3.63, 3.8) is 0 Å². The summed E-state index contributed by atoms with van der Waals surface area (Å²) in [6.07, 6.45) is -6.15. The van der Waals surface area contributed by atoms with Gasteiger partial charge in [0.15, 0.2) is 5.78 Å². The minimum atomic E-state index is -3.09. The average Bonchev–Trinajstić information content (AvgIpc) is 3.14. The number of hydrogen-bond acceptors (Lipinski definition) is 3. The van der Waals surface area contributed by atoms with Crippen molar-refractivity contribution in [2.75, 3.05) is 5.32 Å². The topological polar surface area (TPSA) is 64.0 Å². The van der Waals surface area contributed by atoms with Gasteiger partial charge >= 0.3 is 0 Å². The van der Waals surface area contributed by atoms with Crippen LogP contribution in [0.15, 0.2) is 54.6 Å². The maximum absolute atomic E-state index is 13.1. The van der Waals surface area contributed by atoms with E-state index in [9.17, 15) is 27.2 Å². The molecule has 0 aliphatic carbocycles. The van der Waals surface area contributed by atoms with Gasteiger partial charge in [-0.05, 0) is 24.3 Å². The van der Waals surface area contributed by atoms with Crippen LogP contribution in [0, 0.1) is 0 Å². The van der Waals surface area contributed by atoms with Crippen LogP contribution in [-0.4, -0.2) is 21.5 Å². The molecule has 0 saturated carbocycles. The lowest BCUT2D eigenvalue weighted by atomic mass is 10.0. The summed E-state index contributed by atoms with van der Waals surface area (Å²) in [5.74, 6) is -1.24. The van der Waals surface area contributed by atoms with Gasteiger partial charge in [-0.2, -0.15) is 5.10 Å². The van der Waals surface area contributed by atoms with Crippen LogP contribution in [0.25, 0.3) is 0 Å². The average molecular weight is 440 g/mol. The fraction of sp³-hybridized carbons (Fsp3) is 0.150. The number of ketones is 1. The van der Waals surface area contributed by atoms with E-state index in [-0.39, 0.29) is 16.3 Å². The number of carbonyl (C=O) groups excluding carboxylic acids is 2. The van der Waals surface area contributed by atoms with Crippen molar-refractivity contribution in [3.8, 4) is 0 Å². The lowest BCUT2D eigenvalue weighted by Gasteiger charge is -2.12. The Labute approximate surface area is 173 Å². The number of alkyl halides is 4. The van der Waals surface area contributed by atoms with Crippen molar-refractivity contribution in [1.82, 2.24) is 9.78 Å². The van der Waals surface area contributed by atoms with Gasteiger partial charge in [0.05, 0.1) is 5.69 Å². The maximum atomic E-state index is 13.1. The molecule has 0 bridgehead atoms. The number of hydrogen-bond donors (Lipinski definition) is 1.